The predicted octanol–water partition coefficient (Wildman–Crippen LogP) is 1.16. The molecular formula is C10H14N2O. The second kappa shape index (κ2) is 4.62. The average Bonchev–Trinajstić information content (AvgIpc) is 2.08. The van der Waals surface area contributed by atoms with Gasteiger partial charge in [0.1, 0.15) is 5.75 Å². The first-order valence-corrected chi connectivity index (χ1v) is 4.23. The van der Waals surface area contributed by atoms with Crippen molar-refractivity contribution >= 4 is 6.21 Å². The lowest BCUT2D eigenvalue weighted by Crippen LogP contribution is -2.18. The molecule has 1 atom stereocenters. The maximum absolute atomic E-state index is 9.35. The second-order valence-electron chi connectivity index (χ2n) is 3.03. The number of aromatic hydroxyl groups is 1. The first kappa shape index (κ1) is 9.74. The molecular weight excluding hydrogens is 164 g/mol. The first-order valence-electron chi connectivity index (χ1n) is 4.23. The van der Waals surface area contributed by atoms with Crippen molar-refractivity contribution in [3.05, 3.63) is 29.8 Å². The molecule has 0 amide bonds. The number of benzene rings is 1. The number of nitrogens with two attached hydrogens (primary N) is 1. The van der Waals surface area contributed by atoms with Gasteiger partial charge in [0, 0.05) is 17.8 Å². The quantitative estimate of drug-likeness (QED) is 0.682. The molecule has 70 valence electrons. The van der Waals surface area contributed by atoms with Gasteiger partial charge in [0.15, 0.2) is 0 Å². The van der Waals surface area contributed by atoms with E-state index in [1.807, 2.05) is 13.0 Å². The van der Waals surface area contributed by atoms with Crippen LogP contribution < -0.4 is 5.73 Å². The molecule has 13 heavy (non-hydrogen) atoms. The Labute approximate surface area is 77.9 Å². The van der Waals surface area contributed by atoms with E-state index in [2.05, 4.69) is 4.99 Å². The molecule has 3 N–H and O–H groups in total. The lowest BCUT2D eigenvalue weighted by molar-refractivity contribution is 0.474. The monoisotopic (exact) mass is 178 g/mol. The fourth-order valence-corrected chi connectivity index (χ4v) is 0.914. The molecule has 3 nitrogen and oxygen atoms in total. The SMILES string of the molecule is CC(N)CN=Cc1ccccc1O. The molecule has 0 aliphatic carbocycles. The number of phenols is 1. The molecule has 1 aromatic rings. The Morgan fingerprint density at radius 3 is 2.85 bits per heavy atom. The Morgan fingerprint density at radius 2 is 2.23 bits per heavy atom. The molecule has 1 rings (SSSR count). The summed E-state index contributed by atoms with van der Waals surface area (Å²) in [6.07, 6.45) is 1.64. The standard InChI is InChI=1S/C10H14N2O/c1-8(11)6-12-7-9-4-2-3-5-10(9)13/h2-5,7-8,13H,6,11H2,1H3. The minimum atomic E-state index is 0.0575. The summed E-state index contributed by atoms with van der Waals surface area (Å²) in [6, 6.07) is 7.13. The molecule has 0 radical (unpaired) electrons. The number of aliphatic imine (C=N–C) groups is 1. The summed E-state index contributed by atoms with van der Waals surface area (Å²) in [6.45, 7) is 2.47. The Balaban J connectivity index is 2.63. The van der Waals surface area contributed by atoms with Crippen molar-refractivity contribution < 1.29 is 5.11 Å². The van der Waals surface area contributed by atoms with Crippen LogP contribution in [0.1, 0.15) is 12.5 Å². The van der Waals surface area contributed by atoms with Gasteiger partial charge in [-0.3, -0.25) is 4.99 Å². The molecule has 0 bridgehead atoms. The van der Waals surface area contributed by atoms with Crippen LogP contribution in [0.15, 0.2) is 29.3 Å². The molecule has 0 aromatic heterocycles. The van der Waals surface area contributed by atoms with Crippen molar-refractivity contribution in [1.82, 2.24) is 0 Å². The zero-order chi connectivity index (χ0) is 9.68. The van der Waals surface area contributed by atoms with Gasteiger partial charge in [-0.05, 0) is 19.1 Å². The predicted molar refractivity (Wildman–Crippen MR) is 54.2 cm³/mol. The van der Waals surface area contributed by atoms with E-state index >= 15 is 0 Å². The smallest absolute Gasteiger partial charge is 0.124 e. The average molecular weight is 178 g/mol. The third-order valence-electron chi connectivity index (χ3n) is 1.56. The third-order valence-corrected chi connectivity index (χ3v) is 1.56. The fraction of sp³-hybridized carbons (Fsp3) is 0.300. The summed E-state index contributed by atoms with van der Waals surface area (Å²) in [4.78, 5) is 4.09. The van der Waals surface area contributed by atoms with Crippen LogP contribution in [0.5, 0.6) is 5.75 Å². The molecule has 0 saturated carbocycles. The zero-order valence-electron chi connectivity index (χ0n) is 7.64. The van der Waals surface area contributed by atoms with Crippen LogP contribution in [0.3, 0.4) is 0 Å². The zero-order valence-corrected chi connectivity index (χ0v) is 7.64. The van der Waals surface area contributed by atoms with Crippen molar-refractivity contribution in [2.24, 2.45) is 10.7 Å². The van der Waals surface area contributed by atoms with Gasteiger partial charge in [0.25, 0.3) is 0 Å². The number of nitrogens with zero attached hydrogens (tertiary/aromatic N) is 1. The number of para-hydroxylation sites is 1. The Bertz CT molecular complexity index is 295. The minimum Gasteiger partial charge on any atom is -0.507 e. The van der Waals surface area contributed by atoms with Crippen molar-refractivity contribution in [3.63, 3.8) is 0 Å². The molecule has 1 unspecified atom stereocenters. The number of hydrogen-bond donors (Lipinski definition) is 2. The van der Waals surface area contributed by atoms with Crippen molar-refractivity contribution in [1.29, 1.82) is 0 Å². The van der Waals surface area contributed by atoms with Gasteiger partial charge in [0.2, 0.25) is 0 Å². The van der Waals surface area contributed by atoms with E-state index in [0.29, 0.717) is 6.54 Å². The van der Waals surface area contributed by atoms with Gasteiger partial charge in [-0.25, -0.2) is 0 Å². The van der Waals surface area contributed by atoms with Crippen LogP contribution in [0.4, 0.5) is 0 Å². The van der Waals surface area contributed by atoms with Crippen LogP contribution in [0.2, 0.25) is 0 Å². The van der Waals surface area contributed by atoms with Crippen LogP contribution in [-0.2, 0) is 0 Å². The van der Waals surface area contributed by atoms with Crippen LogP contribution in [0, 0.1) is 0 Å². The highest BCUT2D eigenvalue weighted by molar-refractivity contribution is 5.83. The number of hydrogen-bond acceptors (Lipinski definition) is 3. The molecule has 1 aromatic carbocycles. The van der Waals surface area contributed by atoms with E-state index in [4.69, 9.17) is 5.73 Å². The normalized spacial score (nSPS) is 13.4. The first-order chi connectivity index (χ1) is 6.20. The summed E-state index contributed by atoms with van der Waals surface area (Å²) in [5.74, 6) is 0.246. The minimum absolute atomic E-state index is 0.0575. The van der Waals surface area contributed by atoms with Crippen molar-refractivity contribution in [3.8, 4) is 5.75 Å². The summed E-state index contributed by atoms with van der Waals surface area (Å²) >= 11 is 0. The summed E-state index contributed by atoms with van der Waals surface area (Å²) in [5.41, 5.74) is 6.24. The topological polar surface area (TPSA) is 58.6 Å². The molecule has 0 aliphatic rings. The van der Waals surface area contributed by atoms with Gasteiger partial charge < -0.3 is 10.8 Å². The fourth-order valence-electron chi connectivity index (χ4n) is 0.914. The Hall–Kier alpha value is -1.35. The van der Waals surface area contributed by atoms with Gasteiger partial charge in [0.05, 0.1) is 6.54 Å². The van der Waals surface area contributed by atoms with Crippen molar-refractivity contribution in [2.75, 3.05) is 6.54 Å². The number of phenolic OH excluding ortho intramolecular Hbond substituents is 1. The van der Waals surface area contributed by atoms with Crippen LogP contribution >= 0.6 is 0 Å². The Morgan fingerprint density at radius 1 is 1.54 bits per heavy atom. The molecule has 0 fully saturated rings. The van der Waals surface area contributed by atoms with Gasteiger partial charge in [-0.1, -0.05) is 12.1 Å². The Kier molecular flexibility index (Phi) is 3.46. The van der Waals surface area contributed by atoms with E-state index in [9.17, 15) is 5.11 Å². The van der Waals surface area contributed by atoms with Crippen LogP contribution in [0.25, 0.3) is 0 Å². The second-order valence-corrected chi connectivity index (χ2v) is 3.03. The molecule has 0 aliphatic heterocycles. The van der Waals surface area contributed by atoms with Gasteiger partial charge in [-0.2, -0.15) is 0 Å². The van der Waals surface area contributed by atoms with Crippen LogP contribution in [-0.4, -0.2) is 23.9 Å². The maximum atomic E-state index is 9.35. The van der Waals surface area contributed by atoms with E-state index < -0.39 is 0 Å². The summed E-state index contributed by atoms with van der Waals surface area (Å²) < 4.78 is 0. The van der Waals surface area contributed by atoms with Gasteiger partial charge in [-0.15, -0.1) is 0 Å². The van der Waals surface area contributed by atoms with E-state index in [1.54, 1.807) is 24.4 Å². The largest absolute Gasteiger partial charge is 0.507 e. The third kappa shape index (κ3) is 3.25. The molecule has 0 heterocycles. The van der Waals surface area contributed by atoms with E-state index in [-0.39, 0.29) is 11.8 Å². The van der Waals surface area contributed by atoms with E-state index in [1.165, 1.54) is 0 Å². The van der Waals surface area contributed by atoms with Gasteiger partial charge >= 0.3 is 0 Å². The molecule has 3 heteroatoms. The highest BCUT2D eigenvalue weighted by atomic mass is 16.3. The lowest BCUT2D eigenvalue weighted by atomic mass is 10.2. The molecule has 0 spiro atoms. The maximum Gasteiger partial charge on any atom is 0.124 e. The van der Waals surface area contributed by atoms with Crippen molar-refractivity contribution in [2.45, 2.75) is 13.0 Å². The summed E-state index contributed by atoms with van der Waals surface area (Å²) in [5, 5.41) is 9.35. The lowest BCUT2D eigenvalue weighted by Gasteiger charge is -1.99. The highest BCUT2D eigenvalue weighted by Gasteiger charge is 1.94. The molecule has 0 saturated heterocycles. The van der Waals surface area contributed by atoms with E-state index in [0.717, 1.165) is 5.56 Å². The summed E-state index contributed by atoms with van der Waals surface area (Å²) in [7, 11) is 0. The highest BCUT2D eigenvalue weighted by Crippen LogP contribution is 2.12. The number of rotatable bonds is 3.